The van der Waals surface area contributed by atoms with Crippen molar-refractivity contribution < 1.29 is 9.90 Å². The van der Waals surface area contributed by atoms with Crippen molar-refractivity contribution in [3.63, 3.8) is 0 Å². The molecule has 1 atom stereocenters. The SMILES string of the molecule is CCC(O)CCNC(=O)c1csnc1C. The van der Waals surface area contributed by atoms with Crippen LogP contribution < -0.4 is 5.32 Å². The highest BCUT2D eigenvalue weighted by Crippen LogP contribution is 2.08. The van der Waals surface area contributed by atoms with Crippen molar-refractivity contribution in [3.05, 3.63) is 16.6 Å². The maximum absolute atomic E-state index is 11.6. The number of aryl methyl sites for hydroxylation is 1. The van der Waals surface area contributed by atoms with E-state index in [0.29, 0.717) is 18.5 Å². The zero-order valence-electron chi connectivity index (χ0n) is 8.99. The number of aliphatic hydroxyl groups is 1. The Balaban J connectivity index is 2.34. The van der Waals surface area contributed by atoms with Gasteiger partial charge in [-0.25, -0.2) is 0 Å². The molecule has 0 aliphatic carbocycles. The summed E-state index contributed by atoms with van der Waals surface area (Å²) >= 11 is 1.28. The number of hydrogen-bond donors (Lipinski definition) is 2. The van der Waals surface area contributed by atoms with Crippen molar-refractivity contribution in [1.82, 2.24) is 9.69 Å². The van der Waals surface area contributed by atoms with Crippen molar-refractivity contribution in [2.45, 2.75) is 32.8 Å². The Kier molecular flexibility index (Phi) is 4.71. The molecule has 84 valence electrons. The number of amides is 1. The fourth-order valence-electron chi connectivity index (χ4n) is 1.16. The first kappa shape index (κ1) is 12.1. The Hall–Kier alpha value is -0.940. The molecule has 0 fully saturated rings. The molecule has 0 aromatic carbocycles. The Morgan fingerprint density at radius 1 is 1.73 bits per heavy atom. The summed E-state index contributed by atoms with van der Waals surface area (Å²) in [5.41, 5.74) is 1.39. The number of rotatable bonds is 5. The van der Waals surface area contributed by atoms with Crippen LogP contribution in [-0.2, 0) is 0 Å². The summed E-state index contributed by atoms with van der Waals surface area (Å²) in [6, 6.07) is 0. The first-order valence-electron chi connectivity index (χ1n) is 5.02. The molecule has 0 saturated heterocycles. The van der Waals surface area contributed by atoms with Gasteiger partial charge >= 0.3 is 0 Å². The van der Waals surface area contributed by atoms with Crippen LogP contribution in [0.4, 0.5) is 0 Å². The molecular weight excluding hydrogens is 212 g/mol. The van der Waals surface area contributed by atoms with E-state index < -0.39 is 0 Å². The van der Waals surface area contributed by atoms with Crippen LogP contribution in [0.15, 0.2) is 5.38 Å². The van der Waals surface area contributed by atoms with E-state index in [0.717, 1.165) is 12.1 Å². The van der Waals surface area contributed by atoms with E-state index in [1.807, 2.05) is 13.8 Å². The van der Waals surface area contributed by atoms with Crippen molar-refractivity contribution in [2.75, 3.05) is 6.54 Å². The summed E-state index contributed by atoms with van der Waals surface area (Å²) in [7, 11) is 0. The largest absolute Gasteiger partial charge is 0.393 e. The number of carbonyl (C=O) groups is 1. The average molecular weight is 228 g/mol. The zero-order chi connectivity index (χ0) is 11.3. The van der Waals surface area contributed by atoms with Crippen LogP contribution in [-0.4, -0.2) is 28.0 Å². The highest BCUT2D eigenvalue weighted by atomic mass is 32.1. The first-order valence-corrected chi connectivity index (χ1v) is 5.86. The molecule has 0 saturated carbocycles. The number of nitrogens with one attached hydrogen (secondary N) is 1. The van der Waals surface area contributed by atoms with Crippen LogP contribution in [0.5, 0.6) is 0 Å². The highest BCUT2D eigenvalue weighted by molar-refractivity contribution is 7.03. The van der Waals surface area contributed by atoms with E-state index >= 15 is 0 Å². The molecule has 0 radical (unpaired) electrons. The number of carbonyl (C=O) groups excluding carboxylic acids is 1. The molecule has 2 N–H and O–H groups in total. The third kappa shape index (κ3) is 3.60. The van der Waals surface area contributed by atoms with Crippen molar-refractivity contribution in [3.8, 4) is 0 Å². The quantitative estimate of drug-likeness (QED) is 0.799. The van der Waals surface area contributed by atoms with Crippen molar-refractivity contribution in [1.29, 1.82) is 0 Å². The van der Waals surface area contributed by atoms with Crippen molar-refractivity contribution in [2.24, 2.45) is 0 Å². The summed E-state index contributed by atoms with van der Waals surface area (Å²) in [6.45, 7) is 4.23. The van der Waals surface area contributed by atoms with Crippen LogP contribution in [0.1, 0.15) is 35.8 Å². The van der Waals surface area contributed by atoms with Gasteiger partial charge in [0.1, 0.15) is 0 Å². The lowest BCUT2D eigenvalue weighted by Gasteiger charge is -2.08. The minimum Gasteiger partial charge on any atom is -0.393 e. The monoisotopic (exact) mass is 228 g/mol. The summed E-state index contributed by atoms with van der Waals surface area (Å²) < 4.78 is 4.03. The second-order valence-electron chi connectivity index (χ2n) is 3.42. The maximum Gasteiger partial charge on any atom is 0.254 e. The van der Waals surface area contributed by atoms with Crippen LogP contribution >= 0.6 is 11.5 Å². The molecule has 1 unspecified atom stereocenters. The van der Waals surface area contributed by atoms with E-state index in [1.165, 1.54) is 11.5 Å². The van der Waals surface area contributed by atoms with E-state index in [9.17, 15) is 9.90 Å². The van der Waals surface area contributed by atoms with Gasteiger partial charge in [0.25, 0.3) is 5.91 Å². The second kappa shape index (κ2) is 5.82. The smallest absolute Gasteiger partial charge is 0.254 e. The summed E-state index contributed by atoms with van der Waals surface area (Å²) in [5, 5.41) is 13.8. The van der Waals surface area contributed by atoms with Gasteiger partial charge in [0.15, 0.2) is 0 Å². The molecule has 0 aliphatic rings. The molecule has 1 aromatic rings. The molecular formula is C10H16N2O2S. The Morgan fingerprint density at radius 3 is 3.00 bits per heavy atom. The van der Waals surface area contributed by atoms with E-state index in [4.69, 9.17) is 0 Å². The minimum absolute atomic E-state index is 0.107. The maximum atomic E-state index is 11.6. The highest BCUT2D eigenvalue weighted by Gasteiger charge is 2.10. The fourth-order valence-corrected chi connectivity index (χ4v) is 1.85. The van der Waals surface area contributed by atoms with Crippen LogP contribution in [0.25, 0.3) is 0 Å². The predicted molar refractivity (Wildman–Crippen MR) is 60.1 cm³/mol. The van der Waals surface area contributed by atoms with Gasteiger partial charge in [-0.15, -0.1) is 0 Å². The van der Waals surface area contributed by atoms with Gasteiger partial charge in [-0.1, -0.05) is 6.92 Å². The predicted octanol–water partition coefficient (Wildman–Crippen LogP) is 1.34. The van der Waals surface area contributed by atoms with Gasteiger partial charge in [-0.05, 0) is 31.3 Å². The topological polar surface area (TPSA) is 62.2 Å². The lowest BCUT2D eigenvalue weighted by Crippen LogP contribution is -2.27. The number of hydrogen-bond acceptors (Lipinski definition) is 4. The number of aliphatic hydroxyl groups excluding tert-OH is 1. The van der Waals surface area contributed by atoms with E-state index in [1.54, 1.807) is 5.38 Å². The number of nitrogens with zero attached hydrogens (tertiary/aromatic N) is 1. The minimum atomic E-state index is -0.327. The second-order valence-corrected chi connectivity index (χ2v) is 4.05. The van der Waals surface area contributed by atoms with Gasteiger partial charge in [0, 0.05) is 11.9 Å². The van der Waals surface area contributed by atoms with Crippen LogP contribution in [0, 0.1) is 6.92 Å². The summed E-state index contributed by atoms with van der Waals surface area (Å²) in [6.07, 6.45) is 0.986. The molecule has 0 spiro atoms. The fraction of sp³-hybridized carbons (Fsp3) is 0.600. The molecule has 1 rings (SSSR count). The van der Waals surface area contributed by atoms with E-state index in [-0.39, 0.29) is 12.0 Å². The molecule has 5 heteroatoms. The molecule has 1 heterocycles. The van der Waals surface area contributed by atoms with Crippen molar-refractivity contribution >= 4 is 17.4 Å². The summed E-state index contributed by atoms with van der Waals surface area (Å²) in [4.78, 5) is 11.6. The van der Waals surface area contributed by atoms with Crippen LogP contribution in [0.2, 0.25) is 0 Å². The van der Waals surface area contributed by atoms with Gasteiger partial charge < -0.3 is 10.4 Å². The zero-order valence-corrected chi connectivity index (χ0v) is 9.80. The molecule has 1 aromatic heterocycles. The van der Waals surface area contributed by atoms with Gasteiger partial charge in [-0.3, -0.25) is 4.79 Å². The Morgan fingerprint density at radius 2 is 2.47 bits per heavy atom. The third-order valence-electron chi connectivity index (χ3n) is 2.23. The molecule has 15 heavy (non-hydrogen) atoms. The summed E-state index contributed by atoms with van der Waals surface area (Å²) in [5.74, 6) is -0.107. The van der Waals surface area contributed by atoms with E-state index in [2.05, 4.69) is 9.69 Å². The van der Waals surface area contributed by atoms with Crippen LogP contribution in [0.3, 0.4) is 0 Å². The molecule has 0 bridgehead atoms. The molecule has 4 nitrogen and oxygen atoms in total. The Labute approximate surface area is 93.5 Å². The normalized spacial score (nSPS) is 12.5. The number of aromatic nitrogens is 1. The third-order valence-corrected chi connectivity index (χ3v) is 2.95. The first-order chi connectivity index (χ1) is 7.15. The molecule has 1 amide bonds. The van der Waals surface area contributed by atoms with Gasteiger partial charge in [-0.2, -0.15) is 4.37 Å². The lowest BCUT2D eigenvalue weighted by atomic mass is 10.2. The standard InChI is InChI=1S/C10H16N2O2S/c1-3-8(13)4-5-11-10(14)9-6-15-12-7(9)2/h6,8,13H,3-5H2,1-2H3,(H,11,14). The van der Waals surface area contributed by atoms with Gasteiger partial charge in [0.05, 0.1) is 17.4 Å². The Bertz CT molecular complexity index is 325. The average Bonchev–Trinajstić information content (AvgIpc) is 2.64. The molecule has 0 aliphatic heterocycles. The van der Waals surface area contributed by atoms with Gasteiger partial charge in [0.2, 0.25) is 0 Å². The lowest BCUT2D eigenvalue weighted by molar-refractivity contribution is 0.0941.